The number of hydrogen-bond acceptors (Lipinski definition) is 2. The van der Waals surface area contributed by atoms with Crippen LogP contribution in [-0.4, -0.2) is 9.97 Å². The highest BCUT2D eigenvalue weighted by molar-refractivity contribution is 6.34. The predicted molar refractivity (Wildman–Crippen MR) is 84.1 cm³/mol. The van der Waals surface area contributed by atoms with Gasteiger partial charge < -0.3 is 0 Å². The first-order valence-corrected chi connectivity index (χ1v) is 7.20. The van der Waals surface area contributed by atoms with Crippen LogP contribution in [0.4, 0.5) is 4.39 Å². The fourth-order valence-corrected chi connectivity index (χ4v) is 2.63. The smallest absolute Gasteiger partial charge is 0.164 e. The van der Waals surface area contributed by atoms with Crippen molar-refractivity contribution in [3.8, 4) is 11.4 Å². The van der Waals surface area contributed by atoms with Gasteiger partial charge in [-0.1, -0.05) is 42.8 Å². The Hall–Kier alpha value is -2.00. The maximum Gasteiger partial charge on any atom is 0.164 e. The van der Waals surface area contributed by atoms with E-state index in [0.29, 0.717) is 22.1 Å². The summed E-state index contributed by atoms with van der Waals surface area (Å²) in [5.74, 6) is 0.0245. The molecule has 3 rings (SSSR count). The van der Waals surface area contributed by atoms with Crippen molar-refractivity contribution in [2.75, 3.05) is 0 Å². The number of benzene rings is 2. The van der Waals surface area contributed by atoms with Gasteiger partial charge in [0.1, 0.15) is 11.0 Å². The molecule has 1 aromatic heterocycles. The van der Waals surface area contributed by atoms with Gasteiger partial charge in [-0.25, -0.2) is 14.4 Å². The molecule has 0 saturated heterocycles. The fraction of sp³-hybridized carbons (Fsp3) is 0.176. The standard InChI is InChI=1S/C17H14ClFN2/c1-3-11-7-5-9-13-15(11)20-17(21-16(13)18)12-8-4-6-10(2)14(12)19/h4-9H,3H2,1-2H3. The van der Waals surface area contributed by atoms with Crippen molar-refractivity contribution in [2.24, 2.45) is 0 Å². The highest BCUT2D eigenvalue weighted by Gasteiger charge is 2.14. The van der Waals surface area contributed by atoms with E-state index in [2.05, 4.69) is 16.9 Å². The van der Waals surface area contributed by atoms with Gasteiger partial charge in [0.25, 0.3) is 0 Å². The molecular formula is C17H14ClFN2. The number of nitrogens with zero attached hydrogens (tertiary/aromatic N) is 2. The molecule has 21 heavy (non-hydrogen) atoms. The van der Waals surface area contributed by atoms with Crippen LogP contribution in [0.3, 0.4) is 0 Å². The van der Waals surface area contributed by atoms with Crippen molar-refractivity contribution in [1.29, 1.82) is 0 Å². The normalized spacial score (nSPS) is 11.0. The summed E-state index contributed by atoms with van der Waals surface area (Å²) in [5.41, 5.74) is 2.81. The largest absolute Gasteiger partial charge is 0.227 e. The molecule has 2 aromatic carbocycles. The van der Waals surface area contributed by atoms with Gasteiger partial charge in [-0.2, -0.15) is 0 Å². The number of halogens is 2. The molecule has 3 aromatic rings. The number of para-hydroxylation sites is 1. The number of aromatic nitrogens is 2. The second-order valence-corrected chi connectivity index (χ2v) is 5.30. The molecule has 0 bridgehead atoms. The van der Waals surface area contributed by atoms with Gasteiger partial charge in [-0.05, 0) is 36.6 Å². The Morgan fingerprint density at radius 1 is 1.10 bits per heavy atom. The number of fused-ring (bicyclic) bond motifs is 1. The topological polar surface area (TPSA) is 25.8 Å². The average Bonchev–Trinajstić information content (AvgIpc) is 2.49. The number of hydrogen-bond donors (Lipinski definition) is 0. The molecule has 1 heterocycles. The molecular weight excluding hydrogens is 287 g/mol. The second kappa shape index (κ2) is 5.41. The van der Waals surface area contributed by atoms with E-state index < -0.39 is 0 Å². The van der Waals surface area contributed by atoms with Crippen molar-refractivity contribution in [3.05, 3.63) is 58.5 Å². The Kier molecular flexibility index (Phi) is 3.60. The maximum atomic E-state index is 14.3. The van der Waals surface area contributed by atoms with E-state index in [9.17, 15) is 4.39 Å². The SMILES string of the molecule is CCc1cccc2c(Cl)nc(-c3cccc(C)c3F)nc12. The number of aryl methyl sites for hydroxylation is 2. The van der Waals surface area contributed by atoms with Crippen LogP contribution in [0.1, 0.15) is 18.1 Å². The summed E-state index contributed by atoms with van der Waals surface area (Å²) in [4.78, 5) is 8.81. The van der Waals surface area contributed by atoms with Crippen molar-refractivity contribution < 1.29 is 4.39 Å². The Bertz CT molecular complexity index is 830. The van der Waals surface area contributed by atoms with Gasteiger partial charge in [0, 0.05) is 5.39 Å². The van der Waals surface area contributed by atoms with E-state index in [0.717, 1.165) is 22.9 Å². The van der Waals surface area contributed by atoms with E-state index in [1.165, 1.54) is 0 Å². The zero-order valence-electron chi connectivity index (χ0n) is 11.8. The van der Waals surface area contributed by atoms with Gasteiger partial charge in [-0.3, -0.25) is 0 Å². The molecule has 106 valence electrons. The third-order valence-corrected chi connectivity index (χ3v) is 3.87. The Morgan fingerprint density at radius 3 is 2.62 bits per heavy atom. The van der Waals surface area contributed by atoms with Crippen molar-refractivity contribution in [3.63, 3.8) is 0 Å². The molecule has 0 atom stereocenters. The molecule has 0 saturated carbocycles. The van der Waals surface area contributed by atoms with Crippen molar-refractivity contribution >= 4 is 22.5 Å². The van der Waals surface area contributed by atoms with E-state index in [4.69, 9.17) is 11.6 Å². The molecule has 0 unspecified atom stereocenters. The number of rotatable bonds is 2. The van der Waals surface area contributed by atoms with Crippen LogP contribution in [0.2, 0.25) is 5.15 Å². The first-order valence-electron chi connectivity index (χ1n) is 6.82. The summed E-state index contributed by atoms with van der Waals surface area (Å²) in [6, 6.07) is 11.0. The quantitative estimate of drug-likeness (QED) is 0.625. The van der Waals surface area contributed by atoms with E-state index >= 15 is 0 Å². The Labute approximate surface area is 127 Å². The summed E-state index contributed by atoms with van der Waals surface area (Å²) in [5, 5.41) is 1.15. The summed E-state index contributed by atoms with van der Waals surface area (Å²) in [7, 11) is 0. The minimum atomic E-state index is -0.304. The minimum absolute atomic E-state index is 0.304. The van der Waals surface area contributed by atoms with Gasteiger partial charge >= 0.3 is 0 Å². The highest BCUT2D eigenvalue weighted by Crippen LogP contribution is 2.29. The van der Waals surface area contributed by atoms with E-state index in [-0.39, 0.29) is 5.82 Å². The van der Waals surface area contributed by atoms with Crippen LogP contribution >= 0.6 is 11.6 Å². The highest BCUT2D eigenvalue weighted by atomic mass is 35.5. The summed E-state index contributed by atoms with van der Waals surface area (Å²) < 4.78 is 14.3. The monoisotopic (exact) mass is 300 g/mol. The molecule has 0 spiro atoms. The molecule has 0 radical (unpaired) electrons. The first kappa shape index (κ1) is 14.0. The van der Waals surface area contributed by atoms with Crippen LogP contribution in [0, 0.1) is 12.7 Å². The molecule has 0 aliphatic carbocycles. The lowest BCUT2D eigenvalue weighted by Crippen LogP contribution is -1.97. The lowest BCUT2D eigenvalue weighted by molar-refractivity contribution is 0.621. The van der Waals surface area contributed by atoms with Crippen LogP contribution in [0.25, 0.3) is 22.3 Å². The molecule has 0 N–H and O–H groups in total. The Balaban J connectivity index is 2.32. The lowest BCUT2D eigenvalue weighted by Gasteiger charge is -2.09. The minimum Gasteiger partial charge on any atom is -0.227 e. The third kappa shape index (κ3) is 2.38. The second-order valence-electron chi connectivity index (χ2n) is 4.94. The van der Waals surface area contributed by atoms with Gasteiger partial charge in [0.2, 0.25) is 0 Å². The fourth-order valence-electron chi connectivity index (χ4n) is 2.40. The summed E-state index contributed by atoms with van der Waals surface area (Å²) >= 11 is 6.26. The van der Waals surface area contributed by atoms with Crippen molar-refractivity contribution in [2.45, 2.75) is 20.3 Å². The van der Waals surface area contributed by atoms with Gasteiger partial charge in [0.15, 0.2) is 5.82 Å². The van der Waals surface area contributed by atoms with Crippen LogP contribution in [0.5, 0.6) is 0 Å². The van der Waals surface area contributed by atoms with E-state index in [1.807, 2.05) is 18.2 Å². The lowest BCUT2D eigenvalue weighted by atomic mass is 10.1. The zero-order valence-corrected chi connectivity index (χ0v) is 12.6. The molecule has 0 aliphatic heterocycles. The molecule has 0 amide bonds. The van der Waals surface area contributed by atoms with Crippen LogP contribution < -0.4 is 0 Å². The van der Waals surface area contributed by atoms with E-state index in [1.54, 1.807) is 25.1 Å². The zero-order chi connectivity index (χ0) is 15.0. The van der Waals surface area contributed by atoms with Gasteiger partial charge in [0.05, 0.1) is 11.1 Å². The maximum absolute atomic E-state index is 14.3. The first-order chi connectivity index (χ1) is 10.1. The average molecular weight is 301 g/mol. The summed E-state index contributed by atoms with van der Waals surface area (Å²) in [6.07, 6.45) is 0.834. The van der Waals surface area contributed by atoms with Crippen molar-refractivity contribution in [1.82, 2.24) is 9.97 Å². The summed E-state index contributed by atoms with van der Waals surface area (Å²) in [6.45, 7) is 3.77. The predicted octanol–water partition coefficient (Wildman–Crippen LogP) is 4.96. The Morgan fingerprint density at radius 2 is 1.86 bits per heavy atom. The van der Waals surface area contributed by atoms with Crippen LogP contribution in [-0.2, 0) is 6.42 Å². The molecule has 0 aliphatic rings. The van der Waals surface area contributed by atoms with Gasteiger partial charge in [-0.15, -0.1) is 0 Å². The molecule has 2 nitrogen and oxygen atoms in total. The third-order valence-electron chi connectivity index (χ3n) is 3.58. The van der Waals surface area contributed by atoms with Crippen LogP contribution in [0.15, 0.2) is 36.4 Å². The molecule has 4 heteroatoms. The molecule has 0 fully saturated rings.